The smallest absolute Gasteiger partial charge is 0.230 e. The fourth-order valence-corrected chi connectivity index (χ4v) is 3.45. The van der Waals surface area contributed by atoms with Gasteiger partial charge in [0, 0.05) is 11.8 Å². The third kappa shape index (κ3) is 5.16. The molecule has 1 heterocycles. The topological polar surface area (TPSA) is 75.0 Å². The zero-order valence-electron chi connectivity index (χ0n) is 14.9. The Morgan fingerprint density at radius 3 is 2.81 bits per heavy atom. The molecule has 0 radical (unpaired) electrons. The van der Waals surface area contributed by atoms with Crippen molar-refractivity contribution in [1.82, 2.24) is 4.98 Å². The largest absolute Gasteiger partial charge is 0.492 e. The van der Waals surface area contributed by atoms with E-state index in [2.05, 4.69) is 28.5 Å². The molecular weight excluding hydrogens is 358 g/mol. The molecule has 6 heteroatoms. The van der Waals surface area contributed by atoms with Gasteiger partial charge in [-0.1, -0.05) is 30.3 Å². The molecule has 0 spiro atoms. The third-order valence-corrected chi connectivity index (χ3v) is 4.72. The number of nitrogens with zero attached hydrogens (tertiary/aromatic N) is 2. The van der Waals surface area contributed by atoms with Crippen molar-refractivity contribution >= 4 is 22.9 Å². The number of ether oxygens (including phenoxy) is 1. The van der Waals surface area contributed by atoms with Crippen molar-refractivity contribution in [2.75, 3.05) is 11.9 Å². The second-order valence-electron chi connectivity index (χ2n) is 5.88. The van der Waals surface area contributed by atoms with Gasteiger partial charge in [-0.25, -0.2) is 4.98 Å². The van der Waals surface area contributed by atoms with Crippen molar-refractivity contribution in [3.05, 3.63) is 75.7 Å². The molecule has 0 fully saturated rings. The summed E-state index contributed by atoms with van der Waals surface area (Å²) in [6, 6.07) is 17.2. The lowest BCUT2D eigenvalue weighted by atomic mass is 10.2. The number of amides is 1. The van der Waals surface area contributed by atoms with E-state index in [-0.39, 0.29) is 12.3 Å². The van der Waals surface area contributed by atoms with E-state index in [1.807, 2.05) is 30.5 Å². The molecule has 2 aromatic carbocycles. The Hall–Kier alpha value is -3.17. The summed E-state index contributed by atoms with van der Waals surface area (Å²) in [4.78, 5) is 17.0. The third-order valence-electron chi connectivity index (χ3n) is 3.82. The molecule has 0 aliphatic heterocycles. The van der Waals surface area contributed by atoms with E-state index < -0.39 is 0 Å². The number of hydrogen-bond acceptors (Lipinski definition) is 5. The Labute approximate surface area is 162 Å². The standard InChI is InChI=1S/C21H19N3O2S/c1-2-26-19-9-8-16(13-22)10-18(19)24-20(25)12-17-14-27-21(23-17)11-15-6-4-3-5-7-15/h3-10,14H,2,11-12H2,1H3,(H,24,25). The minimum atomic E-state index is -0.192. The average molecular weight is 377 g/mol. The van der Waals surface area contributed by atoms with E-state index >= 15 is 0 Å². The van der Waals surface area contributed by atoms with Crippen molar-refractivity contribution in [2.24, 2.45) is 0 Å². The van der Waals surface area contributed by atoms with Gasteiger partial charge in [0.15, 0.2) is 0 Å². The van der Waals surface area contributed by atoms with Crippen molar-refractivity contribution in [3.63, 3.8) is 0 Å². The summed E-state index contributed by atoms with van der Waals surface area (Å²) in [5.74, 6) is 0.357. The Bertz CT molecular complexity index is 961. The first-order chi connectivity index (χ1) is 13.2. The van der Waals surface area contributed by atoms with Crippen LogP contribution < -0.4 is 10.1 Å². The van der Waals surface area contributed by atoms with Crippen LogP contribution in [0.1, 0.15) is 28.8 Å². The average Bonchev–Trinajstić information content (AvgIpc) is 3.10. The van der Waals surface area contributed by atoms with Gasteiger partial charge in [0.25, 0.3) is 0 Å². The lowest BCUT2D eigenvalue weighted by Gasteiger charge is -2.11. The number of carbonyl (C=O) groups excluding carboxylic acids is 1. The monoisotopic (exact) mass is 377 g/mol. The summed E-state index contributed by atoms with van der Waals surface area (Å²) in [6.45, 7) is 2.34. The molecule has 1 amide bonds. The molecule has 1 N–H and O–H groups in total. The Morgan fingerprint density at radius 1 is 1.26 bits per heavy atom. The fraction of sp³-hybridized carbons (Fsp3) is 0.190. The maximum atomic E-state index is 12.4. The van der Waals surface area contributed by atoms with E-state index in [1.165, 1.54) is 5.56 Å². The lowest BCUT2D eigenvalue weighted by molar-refractivity contribution is -0.115. The molecule has 3 rings (SSSR count). The first kappa shape index (κ1) is 18.6. The van der Waals surface area contributed by atoms with E-state index in [4.69, 9.17) is 10.00 Å². The normalized spacial score (nSPS) is 10.2. The molecule has 0 bridgehead atoms. The molecule has 1 aromatic heterocycles. The minimum Gasteiger partial charge on any atom is -0.492 e. The number of aromatic nitrogens is 1. The first-order valence-corrected chi connectivity index (χ1v) is 9.50. The van der Waals surface area contributed by atoms with Gasteiger partial charge in [0.1, 0.15) is 5.75 Å². The molecule has 0 aliphatic rings. The van der Waals surface area contributed by atoms with E-state index in [0.29, 0.717) is 23.6 Å². The van der Waals surface area contributed by atoms with Crippen LogP contribution in [-0.2, 0) is 17.6 Å². The number of rotatable bonds is 7. The van der Waals surface area contributed by atoms with Gasteiger partial charge in [0.05, 0.1) is 41.0 Å². The highest BCUT2D eigenvalue weighted by atomic mass is 32.1. The van der Waals surface area contributed by atoms with Crippen LogP contribution in [0, 0.1) is 11.3 Å². The number of hydrogen-bond donors (Lipinski definition) is 1. The summed E-state index contributed by atoms with van der Waals surface area (Å²) < 4.78 is 5.52. The highest BCUT2D eigenvalue weighted by Crippen LogP contribution is 2.26. The molecule has 0 saturated carbocycles. The zero-order valence-corrected chi connectivity index (χ0v) is 15.8. The molecule has 27 heavy (non-hydrogen) atoms. The second-order valence-corrected chi connectivity index (χ2v) is 6.82. The number of carbonyl (C=O) groups is 1. The van der Waals surface area contributed by atoms with Gasteiger partial charge >= 0.3 is 0 Å². The van der Waals surface area contributed by atoms with Crippen LogP contribution in [-0.4, -0.2) is 17.5 Å². The van der Waals surface area contributed by atoms with E-state index in [1.54, 1.807) is 29.5 Å². The van der Waals surface area contributed by atoms with Gasteiger partial charge in [-0.3, -0.25) is 4.79 Å². The van der Waals surface area contributed by atoms with Crippen LogP contribution in [0.5, 0.6) is 5.75 Å². The Kier molecular flexibility index (Phi) is 6.18. The van der Waals surface area contributed by atoms with Crippen LogP contribution in [0.25, 0.3) is 0 Å². The summed E-state index contributed by atoms with van der Waals surface area (Å²) >= 11 is 1.55. The highest BCUT2D eigenvalue weighted by molar-refractivity contribution is 7.09. The zero-order chi connectivity index (χ0) is 19.1. The number of anilines is 1. The fourth-order valence-electron chi connectivity index (χ4n) is 2.62. The predicted octanol–water partition coefficient (Wildman–Crippen LogP) is 4.19. The molecule has 0 atom stereocenters. The number of benzene rings is 2. The summed E-state index contributed by atoms with van der Waals surface area (Å²) in [7, 11) is 0. The molecule has 0 unspecified atom stereocenters. The first-order valence-electron chi connectivity index (χ1n) is 8.62. The highest BCUT2D eigenvalue weighted by Gasteiger charge is 2.12. The molecule has 5 nitrogen and oxygen atoms in total. The quantitative estimate of drug-likeness (QED) is 0.670. The minimum absolute atomic E-state index is 0.174. The molecule has 0 aliphatic carbocycles. The van der Waals surface area contributed by atoms with Crippen LogP contribution in [0.2, 0.25) is 0 Å². The van der Waals surface area contributed by atoms with Crippen molar-refractivity contribution in [2.45, 2.75) is 19.8 Å². The molecule has 0 saturated heterocycles. The van der Waals surface area contributed by atoms with Crippen LogP contribution in [0.4, 0.5) is 5.69 Å². The number of thiazole rings is 1. The molecule has 3 aromatic rings. The van der Waals surface area contributed by atoms with Gasteiger partial charge < -0.3 is 10.1 Å². The summed E-state index contributed by atoms with van der Waals surface area (Å²) in [5.41, 5.74) is 2.89. The van der Waals surface area contributed by atoms with Crippen LogP contribution >= 0.6 is 11.3 Å². The maximum absolute atomic E-state index is 12.4. The van der Waals surface area contributed by atoms with E-state index in [0.717, 1.165) is 17.1 Å². The molecule has 136 valence electrons. The van der Waals surface area contributed by atoms with Crippen LogP contribution in [0.15, 0.2) is 53.9 Å². The van der Waals surface area contributed by atoms with E-state index in [9.17, 15) is 4.79 Å². The molecular formula is C21H19N3O2S. The summed E-state index contributed by atoms with van der Waals surface area (Å²) in [6.07, 6.45) is 0.930. The van der Waals surface area contributed by atoms with Gasteiger partial charge in [-0.15, -0.1) is 11.3 Å². The number of nitrogens with one attached hydrogen (secondary N) is 1. The van der Waals surface area contributed by atoms with Gasteiger partial charge in [-0.2, -0.15) is 5.26 Å². The van der Waals surface area contributed by atoms with Gasteiger partial charge in [0.2, 0.25) is 5.91 Å². The summed E-state index contributed by atoms with van der Waals surface area (Å²) in [5, 5.41) is 14.8. The Morgan fingerprint density at radius 2 is 2.07 bits per heavy atom. The van der Waals surface area contributed by atoms with Crippen LogP contribution in [0.3, 0.4) is 0 Å². The maximum Gasteiger partial charge on any atom is 0.230 e. The lowest BCUT2D eigenvalue weighted by Crippen LogP contribution is -2.15. The van der Waals surface area contributed by atoms with Crippen molar-refractivity contribution < 1.29 is 9.53 Å². The van der Waals surface area contributed by atoms with Crippen molar-refractivity contribution in [1.29, 1.82) is 5.26 Å². The van der Waals surface area contributed by atoms with Gasteiger partial charge in [-0.05, 0) is 30.7 Å². The second kappa shape index (κ2) is 8.97. The van der Waals surface area contributed by atoms with Crippen molar-refractivity contribution in [3.8, 4) is 11.8 Å². The SMILES string of the molecule is CCOc1ccc(C#N)cc1NC(=O)Cc1csc(Cc2ccccc2)n1. The predicted molar refractivity (Wildman–Crippen MR) is 106 cm³/mol. The number of nitriles is 1. The Balaban J connectivity index is 1.65.